The van der Waals surface area contributed by atoms with Gasteiger partial charge in [-0.15, -0.1) is 11.3 Å². The van der Waals surface area contributed by atoms with Gasteiger partial charge >= 0.3 is 0 Å². The van der Waals surface area contributed by atoms with Crippen LogP contribution in [-0.4, -0.2) is 12.0 Å². The van der Waals surface area contributed by atoms with Crippen molar-refractivity contribution < 1.29 is 4.39 Å². The second-order valence-electron chi connectivity index (χ2n) is 3.96. The number of nitrogens with zero attached hydrogens (tertiary/aromatic N) is 3. The van der Waals surface area contributed by atoms with Crippen molar-refractivity contribution in [3.8, 4) is 6.07 Å². The van der Waals surface area contributed by atoms with Crippen molar-refractivity contribution in [2.24, 2.45) is 0 Å². The summed E-state index contributed by atoms with van der Waals surface area (Å²) in [6, 6.07) is 6.54. The van der Waals surface area contributed by atoms with Gasteiger partial charge in [-0.05, 0) is 19.1 Å². The molecule has 0 atom stereocenters. The Hall–Kier alpha value is -1.93. The average Bonchev–Trinajstić information content (AvgIpc) is 2.74. The molecule has 0 N–H and O–H groups in total. The minimum absolute atomic E-state index is 0.0759. The number of anilines is 1. The molecule has 0 spiro atoms. The first kappa shape index (κ1) is 12.5. The van der Waals surface area contributed by atoms with Crippen molar-refractivity contribution in [1.29, 1.82) is 5.26 Å². The SMILES string of the molecule is Cc1nc(CN(C)c2cccc(F)c2C#N)cs1. The smallest absolute Gasteiger partial charge is 0.143 e. The van der Waals surface area contributed by atoms with Gasteiger partial charge in [-0.25, -0.2) is 9.37 Å². The Morgan fingerprint density at radius 3 is 2.89 bits per heavy atom. The van der Waals surface area contributed by atoms with E-state index in [9.17, 15) is 4.39 Å². The molecule has 92 valence electrons. The molecule has 1 aromatic carbocycles. The van der Waals surface area contributed by atoms with Crippen LogP contribution in [0.5, 0.6) is 0 Å². The summed E-state index contributed by atoms with van der Waals surface area (Å²) in [5.41, 5.74) is 1.59. The van der Waals surface area contributed by atoms with Crippen LogP contribution in [0.1, 0.15) is 16.3 Å². The molecule has 18 heavy (non-hydrogen) atoms. The lowest BCUT2D eigenvalue weighted by atomic mass is 10.1. The maximum Gasteiger partial charge on any atom is 0.143 e. The first-order chi connectivity index (χ1) is 8.61. The van der Waals surface area contributed by atoms with E-state index in [2.05, 4.69) is 4.98 Å². The zero-order valence-electron chi connectivity index (χ0n) is 10.1. The molecule has 0 aliphatic heterocycles. The predicted molar refractivity (Wildman–Crippen MR) is 70.1 cm³/mol. The van der Waals surface area contributed by atoms with Gasteiger partial charge in [0.1, 0.15) is 17.4 Å². The molecular formula is C13H12FN3S. The van der Waals surface area contributed by atoms with Crippen LogP contribution >= 0.6 is 11.3 Å². The number of rotatable bonds is 3. The normalized spacial score (nSPS) is 10.1. The Morgan fingerprint density at radius 1 is 1.50 bits per heavy atom. The van der Waals surface area contributed by atoms with Gasteiger partial charge < -0.3 is 4.90 Å². The molecule has 0 radical (unpaired) electrons. The molecule has 5 heteroatoms. The van der Waals surface area contributed by atoms with Crippen LogP contribution in [0.15, 0.2) is 23.6 Å². The van der Waals surface area contributed by atoms with E-state index in [0.717, 1.165) is 10.7 Å². The number of benzene rings is 1. The molecule has 0 aliphatic carbocycles. The van der Waals surface area contributed by atoms with Crippen LogP contribution in [0.4, 0.5) is 10.1 Å². The number of nitriles is 1. The third-order valence-corrected chi connectivity index (χ3v) is 3.40. The second-order valence-corrected chi connectivity index (χ2v) is 5.02. The van der Waals surface area contributed by atoms with Crippen LogP contribution in [-0.2, 0) is 6.54 Å². The summed E-state index contributed by atoms with van der Waals surface area (Å²) in [5.74, 6) is -0.490. The maximum absolute atomic E-state index is 13.5. The fourth-order valence-electron chi connectivity index (χ4n) is 1.75. The summed E-state index contributed by atoms with van der Waals surface area (Å²) >= 11 is 1.58. The van der Waals surface area contributed by atoms with Crippen LogP contribution in [0.25, 0.3) is 0 Å². The summed E-state index contributed by atoms with van der Waals surface area (Å²) in [4.78, 5) is 6.18. The van der Waals surface area contributed by atoms with Crippen LogP contribution in [0.2, 0.25) is 0 Å². The molecule has 0 bridgehead atoms. The summed E-state index contributed by atoms with van der Waals surface area (Å²) in [6.45, 7) is 2.50. The monoisotopic (exact) mass is 261 g/mol. The van der Waals surface area contributed by atoms with Gasteiger partial charge in [-0.3, -0.25) is 0 Å². The van der Waals surface area contributed by atoms with Crippen molar-refractivity contribution in [1.82, 2.24) is 4.98 Å². The van der Waals surface area contributed by atoms with Crippen molar-refractivity contribution in [3.05, 3.63) is 45.7 Å². The average molecular weight is 261 g/mol. The zero-order chi connectivity index (χ0) is 13.1. The molecule has 1 aromatic heterocycles. The predicted octanol–water partition coefficient (Wildman–Crippen LogP) is 3.10. The maximum atomic E-state index is 13.5. The fourth-order valence-corrected chi connectivity index (χ4v) is 2.35. The van der Waals surface area contributed by atoms with Crippen LogP contribution < -0.4 is 4.90 Å². The van der Waals surface area contributed by atoms with E-state index in [1.54, 1.807) is 23.5 Å². The molecule has 0 aliphatic rings. The Labute approximate surface area is 109 Å². The zero-order valence-corrected chi connectivity index (χ0v) is 11.0. The van der Waals surface area contributed by atoms with E-state index in [0.29, 0.717) is 12.2 Å². The van der Waals surface area contributed by atoms with Crippen molar-refractivity contribution in [3.63, 3.8) is 0 Å². The van der Waals surface area contributed by atoms with E-state index in [-0.39, 0.29) is 5.56 Å². The molecule has 0 saturated heterocycles. The quantitative estimate of drug-likeness (QED) is 0.852. The second kappa shape index (κ2) is 5.15. The Bertz CT molecular complexity index is 601. The highest BCUT2D eigenvalue weighted by molar-refractivity contribution is 7.09. The molecule has 0 saturated carbocycles. The highest BCUT2D eigenvalue weighted by Gasteiger charge is 2.12. The third kappa shape index (κ3) is 2.49. The number of hydrogen-bond donors (Lipinski definition) is 0. The molecule has 0 amide bonds. The van der Waals surface area contributed by atoms with Crippen molar-refractivity contribution >= 4 is 17.0 Å². The minimum atomic E-state index is -0.490. The van der Waals surface area contributed by atoms with Gasteiger partial charge in [-0.1, -0.05) is 6.07 Å². The number of halogens is 1. The lowest BCUT2D eigenvalue weighted by Gasteiger charge is -2.19. The molecule has 1 heterocycles. The van der Waals surface area contributed by atoms with Gasteiger partial charge in [0.15, 0.2) is 0 Å². The van der Waals surface area contributed by atoms with E-state index in [1.807, 2.05) is 30.3 Å². The van der Waals surface area contributed by atoms with Gasteiger partial charge in [0, 0.05) is 12.4 Å². The van der Waals surface area contributed by atoms with Crippen molar-refractivity contribution in [2.75, 3.05) is 11.9 Å². The number of aromatic nitrogens is 1. The highest BCUT2D eigenvalue weighted by atomic mass is 32.1. The number of hydrogen-bond acceptors (Lipinski definition) is 4. The Kier molecular flexibility index (Phi) is 3.58. The first-order valence-corrected chi connectivity index (χ1v) is 6.30. The van der Waals surface area contributed by atoms with Crippen LogP contribution in [0.3, 0.4) is 0 Å². The molecule has 3 nitrogen and oxygen atoms in total. The molecule has 2 rings (SSSR count). The third-order valence-electron chi connectivity index (χ3n) is 2.58. The largest absolute Gasteiger partial charge is 0.368 e. The topological polar surface area (TPSA) is 39.9 Å². The van der Waals surface area contributed by atoms with E-state index >= 15 is 0 Å². The highest BCUT2D eigenvalue weighted by Crippen LogP contribution is 2.23. The lowest BCUT2D eigenvalue weighted by molar-refractivity contribution is 0.623. The van der Waals surface area contributed by atoms with Gasteiger partial charge in [0.25, 0.3) is 0 Å². The number of aryl methyl sites for hydroxylation is 1. The van der Waals surface area contributed by atoms with Crippen molar-refractivity contribution in [2.45, 2.75) is 13.5 Å². The lowest BCUT2D eigenvalue weighted by Crippen LogP contribution is -2.18. The summed E-state index contributed by atoms with van der Waals surface area (Å²) < 4.78 is 13.5. The molecular weight excluding hydrogens is 249 g/mol. The minimum Gasteiger partial charge on any atom is -0.368 e. The standard InChI is InChI=1S/C13H12FN3S/c1-9-16-10(8-18-9)7-17(2)13-5-3-4-12(14)11(13)6-15/h3-5,8H,7H2,1-2H3. The van der Waals surface area contributed by atoms with E-state index < -0.39 is 5.82 Å². The molecule has 0 fully saturated rings. The van der Waals surface area contributed by atoms with Crippen LogP contribution in [0, 0.1) is 24.1 Å². The first-order valence-electron chi connectivity index (χ1n) is 5.42. The summed E-state index contributed by atoms with van der Waals surface area (Å²) in [7, 11) is 1.82. The Morgan fingerprint density at radius 2 is 2.28 bits per heavy atom. The van der Waals surface area contributed by atoms with E-state index in [4.69, 9.17) is 5.26 Å². The summed E-state index contributed by atoms with van der Waals surface area (Å²) in [6.07, 6.45) is 0. The van der Waals surface area contributed by atoms with Gasteiger partial charge in [0.05, 0.1) is 22.9 Å². The molecule has 2 aromatic rings. The number of thiazole rings is 1. The fraction of sp³-hybridized carbons (Fsp3) is 0.231. The Balaban J connectivity index is 2.27. The molecule has 0 unspecified atom stereocenters. The summed E-state index contributed by atoms with van der Waals surface area (Å²) in [5, 5.41) is 12.0. The van der Waals surface area contributed by atoms with E-state index in [1.165, 1.54) is 6.07 Å². The van der Waals surface area contributed by atoms with Gasteiger partial charge in [0.2, 0.25) is 0 Å². The van der Waals surface area contributed by atoms with Gasteiger partial charge in [-0.2, -0.15) is 5.26 Å².